The van der Waals surface area contributed by atoms with Crippen molar-refractivity contribution >= 4 is 11.8 Å². The van der Waals surface area contributed by atoms with Crippen molar-refractivity contribution in [2.75, 3.05) is 6.26 Å². The van der Waals surface area contributed by atoms with Crippen LogP contribution in [0.25, 0.3) is 0 Å². The zero-order chi connectivity index (χ0) is 14.5. The molecule has 0 bridgehead atoms. The van der Waals surface area contributed by atoms with E-state index in [9.17, 15) is 8.78 Å². The maximum absolute atomic E-state index is 12.4. The second-order valence-electron chi connectivity index (χ2n) is 5.17. The number of para-hydroxylation sites is 1. The average molecular weight is 301 g/mol. The molecule has 1 aliphatic carbocycles. The molecule has 0 radical (unpaired) electrons. The van der Waals surface area contributed by atoms with E-state index in [4.69, 9.17) is 0 Å². The molecule has 20 heavy (non-hydrogen) atoms. The van der Waals surface area contributed by atoms with Crippen LogP contribution in [0.15, 0.2) is 24.3 Å². The van der Waals surface area contributed by atoms with Gasteiger partial charge < -0.3 is 10.1 Å². The Morgan fingerprint density at radius 1 is 1.30 bits per heavy atom. The molecule has 3 atom stereocenters. The molecule has 1 aromatic rings. The number of ether oxygens (including phenoxy) is 1. The van der Waals surface area contributed by atoms with E-state index in [1.807, 2.05) is 30.8 Å². The van der Waals surface area contributed by atoms with E-state index in [0.717, 1.165) is 18.4 Å². The molecular formula is C15H21F2NOS. The van der Waals surface area contributed by atoms with Crippen molar-refractivity contribution in [2.45, 2.75) is 50.1 Å². The van der Waals surface area contributed by atoms with E-state index < -0.39 is 6.61 Å². The average Bonchev–Trinajstić information content (AvgIpc) is 2.86. The van der Waals surface area contributed by atoms with Crippen molar-refractivity contribution in [1.82, 2.24) is 5.32 Å². The van der Waals surface area contributed by atoms with Gasteiger partial charge in [0.1, 0.15) is 5.75 Å². The molecule has 3 unspecified atom stereocenters. The van der Waals surface area contributed by atoms with E-state index in [1.54, 1.807) is 12.1 Å². The van der Waals surface area contributed by atoms with Gasteiger partial charge in [-0.05, 0) is 38.5 Å². The predicted molar refractivity (Wildman–Crippen MR) is 79.6 cm³/mol. The fourth-order valence-corrected chi connectivity index (χ4v) is 3.59. The summed E-state index contributed by atoms with van der Waals surface area (Å²) in [6, 6.07) is 7.48. The van der Waals surface area contributed by atoms with Gasteiger partial charge in [0, 0.05) is 22.9 Å². The van der Waals surface area contributed by atoms with Crippen molar-refractivity contribution in [3.8, 4) is 5.75 Å². The topological polar surface area (TPSA) is 21.3 Å². The maximum Gasteiger partial charge on any atom is 0.387 e. The molecule has 0 heterocycles. The van der Waals surface area contributed by atoms with Gasteiger partial charge in [0.05, 0.1) is 0 Å². The Morgan fingerprint density at radius 3 is 2.70 bits per heavy atom. The number of thioether (sulfide) groups is 1. The third kappa shape index (κ3) is 4.09. The quantitative estimate of drug-likeness (QED) is 0.850. The van der Waals surface area contributed by atoms with Crippen LogP contribution >= 0.6 is 11.8 Å². The van der Waals surface area contributed by atoms with E-state index in [1.165, 1.54) is 6.42 Å². The van der Waals surface area contributed by atoms with Crippen LogP contribution in [-0.2, 0) is 0 Å². The molecule has 0 spiro atoms. The molecule has 0 aliphatic heterocycles. The van der Waals surface area contributed by atoms with Crippen LogP contribution in [-0.4, -0.2) is 24.2 Å². The molecule has 112 valence electrons. The minimum absolute atomic E-state index is 0.00977. The summed E-state index contributed by atoms with van der Waals surface area (Å²) in [4.78, 5) is 0. The Kier molecular flexibility index (Phi) is 5.66. The van der Waals surface area contributed by atoms with Crippen LogP contribution in [0, 0.1) is 0 Å². The summed E-state index contributed by atoms with van der Waals surface area (Å²) in [7, 11) is 0. The lowest BCUT2D eigenvalue weighted by Gasteiger charge is -2.22. The number of alkyl halides is 2. The molecule has 1 aliphatic rings. The normalized spacial score (nSPS) is 24.1. The third-order valence-corrected chi connectivity index (χ3v) is 4.90. The Balaban J connectivity index is 2.00. The van der Waals surface area contributed by atoms with Crippen LogP contribution < -0.4 is 10.1 Å². The van der Waals surface area contributed by atoms with Gasteiger partial charge in [-0.2, -0.15) is 20.5 Å². The lowest BCUT2D eigenvalue weighted by Crippen LogP contribution is -2.30. The molecule has 0 aromatic heterocycles. The maximum atomic E-state index is 12.4. The van der Waals surface area contributed by atoms with E-state index in [0.29, 0.717) is 11.3 Å². The number of nitrogens with one attached hydrogen (secondary N) is 1. The number of rotatable bonds is 6. The first kappa shape index (κ1) is 15.6. The number of hydrogen-bond donors (Lipinski definition) is 1. The summed E-state index contributed by atoms with van der Waals surface area (Å²) < 4.78 is 29.4. The highest BCUT2D eigenvalue weighted by atomic mass is 32.2. The smallest absolute Gasteiger partial charge is 0.387 e. The highest BCUT2D eigenvalue weighted by Crippen LogP contribution is 2.32. The van der Waals surface area contributed by atoms with Gasteiger partial charge in [-0.1, -0.05) is 18.2 Å². The van der Waals surface area contributed by atoms with E-state index in [-0.39, 0.29) is 11.8 Å². The number of benzene rings is 1. The highest BCUT2D eigenvalue weighted by molar-refractivity contribution is 7.99. The van der Waals surface area contributed by atoms with Crippen LogP contribution in [0.5, 0.6) is 5.75 Å². The summed E-state index contributed by atoms with van der Waals surface area (Å²) in [5.74, 6) is 0.266. The van der Waals surface area contributed by atoms with Gasteiger partial charge in [0.15, 0.2) is 0 Å². The van der Waals surface area contributed by atoms with E-state index >= 15 is 0 Å². The Hall–Kier alpha value is -0.810. The van der Waals surface area contributed by atoms with Gasteiger partial charge in [0.25, 0.3) is 0 Å². The zero-order valence-electron chi connectivity index (χ0n) is 11.8. The first-order chi connectivity index (χ1) is 9.60. The van der Waals surface area contributed by atoms with Crippen molar-refractivity contribution < 1.29 is 13.5 Å². The van der Waals surface area contributed by atoms with Crippen LogP contribution in [0.2, 0.25) is 0 Å². The van der Waals surface area contributed by atoms with Crippen molar-refractivity contribution in [2.24, 2.45) is 0 Å². The molecular weight excluding hydrogens is 280 g/mol. The predicted octanol–water partition coefficient (Wildman–Crippen LogP) is 4.22. The van der Waals surface area contributed by atoms with Gasteiger partial charge in [0.2, 0.25) is 0 Å². The minimum atomic E-state index is -2.78. The second kappa shape index (κ2) is 7.27. The number of halogens is 2. The summed E-state index contributed by atoms with van der Waals surface area (Å²) in [5.41, 5.74) is 0.792. The highest BCUT2D eigenvalue weighted by Gasteiger charge is 2.26. The fraction of sp³-hybridized carbons (Fsp3) is 0.600. The molecule has 0 amide bonds. The molecule has 2 rings (SSSR count). The van der Waals surface area contributed by atoms with Crippen molar-refractivity contribution in [3.05, 3.63) is 29.8 Å². The molecule has 1 N–H and O–H groups in total. The Bertz CT molecular complexity index is 430. The summed E-state index contributed by atoms with van der Waals surface area (Å²) >= 11 is 1.91. The lowest BCUT2D eigenvalue weighted by molar-refractivity contribution is -0.0506. The first-order valence-electron chi connectivity index (χ1n) is 6.92. The SMILES string of the molecule is CSC1CCC(NC(C)c2ccccc2OC(F)F)C1. The zero-order valence-corrected chi connectivity index (χ0v) is 12.6. The molecule has 0 saturated heterocycles. The Morgan fingerprint density at radius 2 is 2.05 bits per heavy atom. The van der Waals surface area contributed by atoms with E-state index in [2.05, 4.69) is 16.3 Å². The third-order valence-electron chi connectivity index (χ3n) is 3.81. The van der Waals surface area contributed by atoms with Crippen LogP contribution in [0.4, 0.5) is 8.78 Å². The van der Waals surface area contributed by atoms with Gasteiger partial charge in [-0.3, -0.25) is 0 Å². The minimum Gasteiger partial charge on any atom is -0.434 e. The molecule has 1 saturated carbocycles. The second-order valence-corrected chi connectivity index (χ2v) is 6.31. The summed E-state index contributed by atoms with van der Waals surface area (Å²) in [6.07, 6.45) is 5.65. The molecule has 2 nitrogen and oxygen atoms in total. The molecule has 1 aromatic carbocycles. The molecule has 5 heteroatoms. The monoisotopic (exact) mass is 301 g/mol. The van der Waals surface area contributed by atoms with Gasteiger partial charge >= 0.3 is 6.61 Å². The van der Waals surface area contributed by atoms with Gasteiger partial charge in [-0.25, -0.2) is 0 Å². The largest absolute Gasteiger partial charge is 0.434 e. The fourth-order valence-electron chi connectivity index (χ4n) is 2.79. The van der Waals surface area contributed by atoms with Crippen molar-refractivity contribution in [3.63, 3.8) is 0 Å². The summed E-state index contributed by atoms with van der Waals surface area (Å²) in [5, 5.41) is 4.25. The van der Waals surface area contributed by atoms with Crippen LogP contribution in [0.3, 0.4) is 0 Å². The van der Waals surface area contributed by atoms with Crippen LogP contribution in [0.1, 0.15) is 37.8 Å². The van der Waals surface area contributed by atoms with Crippen molar-refractivity contribution in [1.29, 1.82) is 0 Å². The Labute approximate surface area is 123 Å². The molecule has 1 fully saturated rings. The van der Waals surface area contributed by atoms with Gasteiger partial charge in [-0.15, -0.1) is 0 Å². The summed E-state index contributed by atoms with van der Waals surface area (Å²) in [6.45, 7) is -0.782. The first-order valence-corrected chi connectivity index (χ1v) is 8.21. The number of hydrogen-bond acceptors (Lipinski definition) is 3. The standard InChI is InChI=1S/C15H21F2NOS/c1-10(18-11-7-8-12(9-11)20-2)13-5-3-4-6-14(13)19-15(16)17/h3-6,10-12,15,18H,7-9H2,1-2H3. The lowest BCUT2D eigenvalue weighted by atomic mass is 10.1.